The lowest BCUT2D eigenvalue weighted by Crippen LogP contribution is -2.19. The summed E-state index contributed by atoms with van der Waals surface area (Å²) in [6.45, 7) is 0. The van der Waals surface area contributed by atoms with Crippen LogP contribution in [0.15, 0.2) is 71.3 Å². The molecule has 4 aromatic rings. The number of aromatic nitrogens is 4. The van der Waals surface area contributed by atoms with Crippen molar-refractivity contribution < 1.29 is 9.21 Å². The number of carbonyl (C=O) groups is 1. The number of benzene rings is 2. The number of nitrogens with one attached hydrogen (secondary N) is 1. The maximum Gasteiger partial charge on any atom is 0.274 e. The molecule has 0 bridgehead atoms. The Morgan fingerprint density at radius 1 is 1.03 bits per heavy atom. The highest BCUT2D eigenvalue weighted by Gasteiger charge is 2.20. The normalized spacial score (nSPS) is 11.4. The van der Waals surface area contributed by atoms with Crippen LogP contribution in [0.5, 0.6) is 0 Å². The van der Waals surface area contributed by atoms with Crippen LogP contribution in [-0.2, 0) is 4.79 Å². The van der Waals surface area contributed by atoms with Gasteiger partial charge in [0.1, 0.15) is 11.5 Å². The number of nitrogens with zero attached hydrogens (tertiary/aromatic N) is 4. The molecule has 0 aliphatic carbocycles. The van der Waals surface area contributed by atoms with Gasteiger partial charge in [0.25, 0.3) is 5.91 Å². The monoisotopic (exact) mass is 425 g/mol. The van der Waals surface area contributed by atoms with Crippen molar-refractivity contribution in [2.45, 2.75) is 0 Å². The highest BCUT2D eigenvalue weighted by Crippen LogP contribution is 2.25. The average molecular weight is 426 g/mol. The molecule has 0 saturated carbocycles. The Morgan fingerprint density at radius 3 is 2.48 bits per heavy atom. The van der Waals surface area contributed by atoms with E-state index in [1.165, 1.54) is 10.9 Å². The van der Waals surface area contributed by atoms with Crippen molar-refractivity contribution in [1.82, 2.24) is 20.2 Å². The zero-order valence-electron chi connectivity index (χ0n) is 14.8. The molecule has 0 fully saturated rings. The van der Waals surface area contributed by atoms with Crippen LogP contribution >= 0.6 is 23.2 Å². The molecule has 144 valence electrons. The molecular weight excluding hydrogens is 413 g/mol. The van der Waals surface area contributed by atoms with E-state index in [4.69, 9.17) is 27.6 Å². The summed E-state index contributed by atoms with van der Waals surface area (Å²) in [6.07, 6.45) is 3.06. The summed E-state index contributed by atoms with van der Waals surface area (Å²) in [7, 11) is 0. The first-order valence-electron chi connectivity index (χ1n) is 8.47. The molecule has 4 rings (SSSR count). The maximum absolute atomic E-state index is 13.1. The number of furan rings is 1. The van der Waals surface area contributed by atoms with Crippen LogP contribution in [0.4, 0.5) is 5.69 Å². The van der Waals surface area contributed by atoms with Gasteiger partial charge in [0, 0.05) is 27.4 Å². The predicted molar refractivity (Wildman–Crippen MR) is 111 cm³/mol. The van der Waals surface area contributed by atoms with Crippen molar-refractivity contribution in [1.29, 1.82) is 0 Å². The Bertz CT molecular complexity index is 1150. The Kier molecular flexibility index (Phi) is 5.41. The first-order chi connectivity index (χ1) is 14.1. The molecular formula is C20H13Cl2N5O2. The zero-order chi connectivity index (χ0) is 20.2. The molecule has 0 spiro atoms. The molecule has 29 heavy (non-hydrogen) atoms. The van der Waals surface area contributed by atoms with Crippen molar-refractivity contribution in [3.8, 4) is 11.4 Å². The van der Waals surface area contributed by atoms with Gasteiger partial charge >= 0.3 is 0 Å². The summed E-state index contributed by atoms with van der Waals surface area (Å²) in [6, 6.07) is 17.5. The summed E-state index contributed by atoms with van der Waals surface area (Å²) in [5, 5.41) is 15.4. The fourth-order valence-corrected chi connectivity index (χ4v) is 3.19. The molecule has 0 radical (unpaired) electrons. The van der Waals surface area contributed by atoms with Gasteiger partial charge in [0.05, 0.1) is 6.26 Å². The van der Waals surface area contributed by atoms with E-state index < -0.39 is 5.91 Å². The van der Waals surface area contributed by atoms with Gasteiger partial charge in [0.15, 0.2) is 5.82 Å². The van der Waals surface area contributed by atoms with E-state index in [0.717, 1.165) is 5.56 Å². The summed E-state index contributed by atoms with van der Waals surface area (Å²) >= 11 is 12.1. The van der Waals surface area contributed by atoms with Crippen LogP contribution in [0.3, 0.4) is 0 Å². The molecule has 2 aromatic heterocycles. The Morgan fingerprint density at radius 2 is 1.79 bits per heavy atom. The smallest absolute Gasteiger partial charge is 0.274 e. The van der Waals surface area contributed by atoms with E-state index in [9.17, 15) is 4.79 Å². The second kappa shape index (κ2) is 8.30. The fraction of sp³-hybridized carbons (Fsp3) is 0. The summed E-state index contributed by atoms with van der Waals surface area (Å²) < 4.78 is 6.71. The highest BCUT2D eigenvalue weighted by atomic mass is 35.5. The lowest BCUT2D eigenvalue weighted by atomic mass is 10.2. The molecule has 2 aromatic carbocycles. The first-order valence-corrected chi connectivity index (χ1v) is 9.22. The lowest BCUT2D eigenvalue weighted by Gasteiger charge is -2.11. The van der Waals surface area contributed by atoms with Crippen molar-refractivity contribution >= 4 is 46.6 Å². The van der Waals surface area contributed by atoms with Gasteiger partial charge in [0.2, 0.25) is 0 Å². The van der Waals surface area contributed by atoms with Gasteiger partial charge in [-0.25, -0.2) is 0 Å². The number of amides is 1. The molecule has 0 unspecified atom stereocenters. The van der Waals surface area contributed by atoms with E-state index in [1.807, 2.05) is 30.3 Å². The minimum Gasteiger partial charge on any atom is -0.465 e. The SMILES string of the molecule is O=C(Nc1cc(Cl)cc(Cl)c1)/C(=C/c1ccco1)n1nnnc1-c1ccccc1. The van der Waals surface area contributed by atoms with Crippen LogP contribution in [0, 0.1) is 0 Å². The van der Waals surface area contributed by atoms with Gasteiger partial charge in [-0.15, -0.1) is 5.10 Å². The van der Waals surface area contributed by atoms with E-state index >= 15 is 0 Å². The maximum atomic E-state index is 13.1. The molecule has 7 nitrogen and oxygen atoms in total. The van der Waals surface area contributed by atoms with E-state index in [1.54, 1.807) is 36.4 Å². The minimum absolute atomic E-state index is 0.153. The summed E-state index contributed by atoms with van der Waals surface area (Å²) in [4.78, 5) is 13.1. The summed E-state index contributed by atoms with van der Waals surface area (Å²) in [5.41, 5.74) is 1.34. The van der Waals surface area contributed by atoms with Crippen LogP contribution in [0.25, 0.3) is 23.2 Å². The van der Waals surface area contributed by atoms with Crippen molar-refractivity contribution in [2.75, 3.05) is 5.32 Å². The van der Waals surface area contributed by atoms with Crippen molar-refractivity contribution in [3.63, 3.8) is 0 Å². The van der Waals surface area contributed by atoms with Gasteiger partial charge in [-0.05, 0) is 40.8 Å². The molecule has 1 N–H and O–H groups in total. The van der Waals surface area contributed by atoms with Gasteiger partial charge in [-0.2, -0.15) is 4.68 Å². The van der Waals surface area contributed by atoms with E-state index in [-0.39, 0.29) is 5.70 Å². The third kappa shape index (κ3) is 4.37. The third-order valence-corrected chi connectivity index (χ3v) is 4.34. The standard InChI is InChI=1S/C20H13Cl2N5O2/c21-14-9-15(22)11-16(10-14)23-20(28)18(12-17-7-4-8-29-17)27-19(24-25-26-27)13-5-2-1-3-6-13/h1-12H,(H,23,28)/b18-12-. The van der Waals surface area contributed by atoms with Gasteiger partial charge in [-0.1, -0.05) is 53.5 Å². The molecule has 1 amide bonds. The van der Waals surface area contributed by atoms with Crippen molar-refractivity contribution in [2.24, 2.45) is 0 Å². The number of hydrogen-bond donors (Lipinski definition) is 1. The highest BCUT2D eigenvalue weighted by molar-refractivity contribution is 6.35. The fourth-order valence-electron chi connectivity index (χ4n) is 2.67. The van der Waals surface area contributed by atoms with Crippen LogP contribution in [-0.4, -0.2) is 26.1 Å². The molecule has 9 heteroatoms. The Balaban J connectivity index is 1.76. The molecule has 0 saturated heterocycles. The topological polar surface area (TPSA) is 85.8 Å². The van der Waals surface area contributed by atoms with Gasteiger partial charge < -0.3 is 9.73 Å². The second-order valence-corrected chi connectivity index (χ2v) is 6.81. The Labute approximate surface area is 175 Å². The second-order valence-electron chi connectivity index (χ2n) is 5.94. The van der Waals surface area contributed by atoms with Crippen LogP contribution in [0.2, 0.25) is 10.0 Å². The third-order valence-electron chi connectivity index (χ3n) is 3.90. The number of halogens is 2. The predicted octanol–water partition coefficient (Wildman–Crippen LogP) is 4.88. The largest absolute Gasteiger partial charge is 0.465 e. The van der Waals surface area contributed by atoms with E-state index in [2.05, 4.69) is 20.8 Å². The number of rotatable bonds is 5. The summed E-state index contributed by atoms with van der Waals surface area (Å²) in [5.74, 6) is 0.403. The Hall–Kier alpha value is -3.42. The molecule has 0 atom stereocenters. The molecule has 2 heterocycles. The quantitative estimate of drug-likeness (QED) is 0.460. The van der Waals surface area contributed by atoms with Gasteiger partial charge in [-0.3, -0.25) is 4.79 Å². The number of hydrogen-bond acceptors (Lipinski definition) is 5. The average Bonchev–Trinajstić information content (AvgIpc) is 3.38. The molecule has 0 aliphatic rings. The molecule has 0 aliphatic heterocycles. The van der Waals surface area contributed by atoms with Crippen LogP contribution in [0.1, 0.15) is 5.76 Å². The number of carbonyl (C=O) groups excluding carboxylic acids is 1. The number of tetrazole rings is 1. The zero-order valence-corrected chi connectivity index (χ0v) is 16.3. The minimum atomic E-state index is -0.468. The number of anilines is 1. The lowest BCUT2D eigenvalue weighted by molar-refractivity contribution is -0.111. The van der Waals surface area contributed by atoms with Crippen LogP contribution < -0.4 is 5.32 Å². The first kappa shape index (κ1) is 18.9. The van der Waals surface area contributed by atoms with Crippen molar-refractivity contribution in [3.05, 3.63) is 82.7 Å². The van der Waals surface area contributed by atoms with E-state index in [0.29, 0.717) is 27.3 Å².